The van der Waals surface area contributed by atoms with E-state index in [1.54, 1.807) is 11.6 Å². The minimum Gasteiger partial charge on any atom is -0.393 e. The maximum atomic E-state index is 13.5. The van der Waals surface area contributed by atoms with E-state index in [1.165, 1.54) is 56.9 Å². The van der Waals surface area contributed by atoms with Crippen molar-refractivity contribution in [2.75, 3.05) is 0 Å². The average Bonchev–Trinajstić information content (AvgIpc) is 3.49. The van der Waals surface area contributed by atoms with Crippen LogP contribution in [0.2, 0.25) is 0 Å². The van der Waals surface area contributed by atoms with Gasteiger partial charge in [0.25, 0.3) is 0 Å². The molecule has 5 fully saturated rings. The molecule has 5 saturated carbocycles. The molecule has 0 radical (unpaired) electrons. The monoisotopic (exact) mass is 582 g/mol. The Morgan fingerprint density at radius 3 is 2.33 bits per heavy atom. The van der Waals surface area contributed by atoms with E-state index in [2.05, 4.69) is 34.6 Å². The van der Waals surface area contributed by atoms with Gasteiger partial charge in [0, 0.05) is 11.3 Å². The Balaban J connectivity index is 1.24. The zero-order valence-corrected chi connectivity index (χ0v) is 27.0. The highest BCUT2D eigenvalue weighted by atomic mass is 16.3. The molecular formula is C37H58O5. The van der Waals surface area contributed by atoms with Crippen LogP contribution in [0.3, 0.4) is 0 Å². The molecule has 0 aliphatic heterocycles. The van der Waals surface area contributed by atoms with Crippen molar-refractivity contribution in [3.63, 3.8) is 0 Å². The van der Waals surface area contributed by atoms with Gasteiger partial charge in [-0.05, 0) is 130 Å². The van der Waals surface area contributed by atoms with Gasteiger partial charge in [0.05, 0.1) is 23.9 Å². The molecule has 5 nitrogen and oxygen atoms in total. The van der Waals surface area contributed by atoms with Crippen LogP contribution in [0.1, 0.15) is 131 Å². The van der Waals surface area contributed by atoms with Crippen molar-refractivity contribution in [1.82, 2.24) is 0 Å². The molecule has 0 amide bonds. The fraction of sp³-hybridized carbons (Fsp3) is 0.865. The Labute approximate surface area is 254 Å². The lowest BCUT2D eigenvalue weighted by Gasteiger charge is -2.60. The Bertz CT molecular complexity index is 1130. The summed E-state index contributed by atoms with van der Waals surface area (Å²) in [6.45, 7) is 11.1. The Morgan fingerprint density at radius 1 is 0.952 bits per heavy atom. The molecule has 0 aromatic heterocycles. The van der Waals surface area contributed by atoms with Gasteiger partial charge in [0.2, 0.25) is 0 Å². The Hall–Kier alpha value is -1.01. The van der Waals surface area contributed by atoms with Crippen LogP contribution in [0.4, 0.5) is 0 Å². The van der Waals surface area contributed by atoms with Crippen molar-refractivity contribution < 1.29 is 25.2 Å². The highest BCUT2D eigenvalue weighted by molar-refractivity contribution is 5.95. The van der Waals surface area contributed by atoms with Crippen LogP contribution in [0.25, 0.3) is 0 Å². The predicted octanol–water partition coefficient (Wildman–Crippen LogP) is 6.67. The van der Waals surface area contributed by atoms with Crippen molar-refractivity contribution in [2.45, 2.75) is 155 Å². The van der Waals surface area contributed by atoms with Crippen LogP contribution in [-0.2, 0) is 4.79 Å². The SMILES string of the molecule is CC(C)C(CC(O)C(C)C1CCC2(O)C3=CC(=O)C4CC(O)C(O)CC4(C)C3CCC12C)=C1CCCC2(CCCC2)C1. The van der Waals surface area contributed by atoms with E-state index in [9.17, 15) is 25.2 Å². The van der Waals surface area contributed by atoms with Gasteiger partial charge in [-0.25, -0.2) is 0 Å². The summed E-state index contributed by atoms with van der Waals surface area (Å²) >= 11 is 0. The van der Waals surface area contributed by atoms with Gasteiger partial charge < -0.3 is 20.4 Å². The van der Waals surface area contributed by atoms with Crippen LogP contribution in [0, 0.1) is 45.8 Å². The quantitative estimate of drug-likeness (QED) is 0.272. The lowest BCUT2D eigenvalue weighted by atomic mass is 9.46. The van der Waals surface area contributed by atoms with Gasteiger partial charge in [-0.15, -0.1) is 0 Å². The molecule has 0 aromatic rings. The number of fused-ring (bicyclic) bond motifs is 5. The first-order chi connectivity index (χ1) is 19.7. The third-order valence-electron chi connectivity index (χ3n) is 14.4. The van der Waals surface area contributed by atoms with Crippen LogP contribution in [0.5, 0.6) is 0 Å². The van der Waals surface area contributed by atoms with E-state index in [0.29, 0.717) is 30.6 Å². The molecule has 0 heterocycles. The molecule has 6 rings (SSSR count). The van der Waals surface area contributed by atoms with Crippen molar-refractivity contribution >= 4 is 5.78 Å². The second-order valence-electron chi connectivity index (χ2n) is 16.8. The Kier molecular flexibility index (Phi) is 7.98. The van der Waals surface area contributed by atoms with Gasteiger partial charge >= 0.3 is 0 Å². The standard InChI is InChI=1S/C37H58O5/c1-22(2)25(24-9-8-14-36(20-24)12-6-7-13-36)17-30(38)23(3)26-11-16-37(42)28-18-31(39)29-19-32(40)33(41)21-34(29,4)27(28)10-15-35(26,37)5/h18,22-23,26-27,29-30,32-33,38,40-42H,6-17,19-21H2,1-5H3. The summed E-state index contributed by atoms with van der Waals surface area (Å²) in [6, 6.07) is 0. The van der Waals surface area contributed by atoms with Crippen molar-refractivity contribution in [2.24, 2.45) is 45.8 Å². The molecule has 42 heavy (non-hydrogen) atoms. The molecule has 5 heteroatoms. The minimum absolute atomic E-state index is 0.00428. The number of allylic oxidation sites excluding steroid dienone is 2. The molecule has 10 unspecified atom stereocenters. The maximum Gasteiger partial charge on any atom is 0.159 e. The molecule has 0 saturated heterocycles. The maximum absolute atomic E-state index is 13.5. The van der Waals surface area contributed by atoms with E-state index >= 15 is 0 Å². The smallest absolute Gasteiger partial charge is 0.159 e. The van der Waals surface area contributed by atoms with E-state index in [4.69, 9.17) is 0 Å². The Morgan fingerprint density at radius 2 is 1.64 bits per heavy atom. The van der Waals surface area contributed by atoms with Gasteiger partial charge in [-0.1, -0.05) is 58.6 Å². The molecule has 4 N–H and O–H groups in total. The van der Waals surface area contributed by atoms with E-state index in [-0.39, 0.29) is 29.5 Å². The van der Waals surface area contributed by atoms with Gasteiger partial charge in [0.15, 0.2) is 5.78 Å². The molecular weight excluding hydrogens is 524 g/mol. The molecule has 6 aliphatic carbocycles. The molecule has 0 bridgehead atoms. The van der Waals surface area contributed by atoms with Crippen molar-refractivity contribution in [3.8, 4) is 0 Å². The van der Waals surface area contributed by atoms with Crippen LogP contribution < -0.4 is 0 Å². The summed E-state index contributed by atoms with van der Waals surface area (Å²) in [5.74, 6) is 0.386. The summed E-state index contributed by atoms with van der Waals surface area (Å²) < 4.78 is 0. The lowest BCUT2D eigenvalue weighted by Crippen LogP contribution is -2.61. The summed E-state index contributed by atoms with van der Waals surface area (Å²) in [6.07, 6.45) is 14.8. The number of hydrogen-bond donors (Lipinski definition) is 4. The van der Waals surface area contributed by atoms with Gasteiger partial charge in [0.1, 0.15) is 0 Å². The number of aliphatic hydroxyl groups excluding tert-OH is 3. The van der Waals surface area contributed by atoms with Crippen LogP contribution >= 0.6 is 0 Å². The largest absolute Gasteiger partial charge is 0.393 e. The van der Waals surface area contributed by atoms with Crippen molar-refractivity contribution in [1.29, 1.82) is 0 Å². The highest BCUT2D eigenvalue weighted by Crippen LogP contribution is 2.68. The molecule has 6 aliphatic rings. The first kappa shape index (κ1) is 31.0. The number of carbonyl (C=O) groups excluding carboxylic acids is 1. The summed E-state index contributed by atoms with van der Waals surface area (Å²) in [5.41, 5.74) is 2.59. The molecule has 1 spiro atoms. The number of hydrogen-bond acceptors (Lipinski definition) is 5. The molecule has 10 atom stereocenters. The second kappa shape index (κ2) is 10.8. The van der Waals surface area contributed by atoms with E-state index in [1.807, 2.05) is 0 Å². The summed E-state index contributed by atoms with van der Waals surface area (Å²) in [7, 11) is 0. The minimum atomic E-state index is -1.07. The normalized spacial score (nSPS) is 45.7. The van der Waals surface area contributed by atoms with E-state index < -0.39 is 34.7 Å². The predicted molar refractivity (Wildman–Crippen MR) is 165 cm³/mol. The van der Waals surface area contributed by atoms with Gasteiger partial charge in [-0.2, -0.15) is 0 Å². The summed E-state index contributed by atoms with van der Waals surface area (Å²) in [5, 5.41) is 45.4. The third-order valence-corrected chi connectivity index (χ3v) is 14.4. The number of ketones is 1. The lowest BCUT2D eigenvalue weighted by molar-refractivity contribution is -0.154. The van der Waals surface area contributed by atoms with Crippen LogP contribution in [-0.4, -0.2) is 50.1 Å². The van der Waals surface area contributed by atoms with Crippen molar-refractivity contribution in [3.05, 3.63) is 22.8 Å². The fourth-order valence-corrected chi connectivity index (χ4v) is 11.9. The topological polar surface area (TPSA) is 98.0 Å². The third kappa shape index (κ3) is 4.65. The highest BCUT2D eigenvalue weighted by Gasteiger charge is 2.67. The number of rotatable bonds is 5. The summed E-state index contributed by atoms with van der Waals surface area (Å²) in [4.78, 5) is 13.5. The molecule has 236 valence electrons. The zero-order chi connectivity index (χ0) is 30.2. The number of aliphatic hydroxyl groups is 4. The first-order valence-electron chi connectivity index (χ1n) is 17.5. The zero-order valence-electron chi connectivity index (χ0n) is 27.0. The van der Waals surface area contributed by atoms with Crippen LogP contribution in [0.15, 0.2) is 22.8 Å². The second-order valence-corrected chi connectivity index (χ2v) is 16.8. The number of carbonyl (C=O) groups is 1. The van der Waals surface area contributed by atoms with Gasteiger partial charge in [-0.3, -0.25) is 4.79 Å². The first-order valence-corrected chi connectivity index (χ1v) is 17.5. The fourth-order valence-electron chi connectivity index (χ4n) is 11.9. The molecule has 0 aromatic carbocycles. The average molecular weight is 583 g/mol. The van der Waals surface area contributed by atoms with E-state index in [0.717, 1.165) is 31.3 Å².